The Labute approximate surface area is 203 Å². The van der Waals surface area contributed by atoms with Gasteiger partial charge in [0.05, 0.1) is 26.5 Å². The van der Waals surface area contributed by atoms with E-state index in [9.17, 15) is 9.59 Å². The molecule has 3 rings (SSSR count). The molecule has 0 bridgehead atoms. The Bertz CT molecular complexity index is 1200. The van der Waals surface area contributed by atoms with Crippen molar-refractivity contribution in [2.24, 2.45) is 0 Å². The molecule has 0 spiro atoms. The van der Waals surface area contributed by atoms with Crippen LogP contribution >= 0.6 is 11.6 Å². The summed E-state index contributed by atoms with van der Waals surface area (Å²) in [6.07, 6.45) is 2.91. The van der Waals surface area contributed by atoms with Crippen molar-refractivity contribution < 1.29 is 23.8 Å². The van der Waals surface area contributed by atoms with E-state index in [1.54, 1.807) is 24.3 Å². The molecule has 0 fully saturated rings. The average molecular weight is 484 g/mol. The van der Waals surface area contributed by atoms with Gasteiger partial charge in [-0.15, -0.1) is 0 Å². The van der Waals surface area contributed by atoms with Crippen LogP contribution < -0.4 is 14.8 Å². The number of amides is 1. The number of hydrogen-bond donors (Lipinski definition) is 1. The average Bonchev–Trinajstić information content (AvgIpc) is 3.09. The third-order valence-electron chi connectivity index (χ3n) is 5.08. The molecule has 0 radical (unpaired) electrons. The maximum atomic E-state index is 12.2. The van der Waals surface area contributed by atoms with Crippen LogP contribution in [0.2, 0.25) is 5.02 Å². The molecule has 0 aliphatic rings. The first-order chi connectivity index (χ1) is 16.3. The molecule has 0 aliphatic carbocycles. The van der Waals surface area contributed by atoms with E-state index in [2.05, 4.69) is 10.4 Å². The lowest BCUT2D eigenvalue weighted by molar-refractivity contribution is -0.142. The van der Waals surface area contributed by atoms with Gasteiger partial charge in [0.2, 0.25) is 0 Å². The molecule has 178 valence electrons. The number of carbonyl (C=O) groups is 2. The van der Waals surface area contributed by atoms with E-state index in [4.69, 9.17) is 25.8 Å². The highest BCUT2D eigenvalue weighted by molar-refractivity contribution is 6.31. The first-order valence-electron chi connectivity index (χ1n) is 10.5. The van der Waals surface area contributed by atoms with Gasteiger partial charge in [-0.3, -0.25) is 9.48 Å². The molecule has 1 aromatic heterocycles. The van der Waals surface area contributed by atoms with Gasteiger partial charge in [0.15, 0.2) is 6.61 Å². The van der Waals surface area contributed by atoms with Crippen LogP contribution in [0, 0.1) is 13.8 Å². The van der Waals surface area contributed by atoms with E-state index in [-0.39, 0.29) is 0 Å². The number of nitrogens with zero attached hydrogens (tertiary/aromatic N) is 2. The summed E-state index contributed by atoms with van der Waals surface area (Å²) in [5.74, 6) is -0.0844. The number of anilines is 1. The molecule has 3 aromatic rings. The maximum Gasteiger partial charge on any atom is 0.331 e. The molecule has 0 atom stereocenters. The number of hydrogen-bond acceptors (Lipinski definition) is 6. The van der Waals surface area contributed by atoms with Gasteiger partial charge in [0.1, 0.15) is 11.5 Å². The number of nitrogens with one attached hydrogen (secondary N) is 1. The largest absolute Gasteiger partial charge is 0.497 e. The Kier molecular flexibility index (Phi) is 8.32. The number of methoxy groups -OCH3 is 2. The van der Waals surface area contributed by atoms with Gasteiger partial charge in [-0.1, -0.05) is 29.8 Å². The second-order valence-corrected chi connectivity index (χ2v) is 7.83. The number of aryl methyl sites for hydroxylation is 1. The topological polar surface area (TPSA) is 91.7 Å². The monoisotopic (exact) mass is 483 g/mol. The van der Waals surface area contributed by atoms with Gasteiger partial charge in [0.25, 0.3) is 5.91 Å². The Morgan fingerprint density at radius 2 is 1.76 bits per heavy atom. The fraction of sp³-hybridized carbons (Fsp3) is 0.240. The number of carbonyl (C=O) groups excluding carboxylic acids is 2. The normalized spacial score (nSPS) is 10.9. The predicted octanol–water partition coefficient (Wildman–Crippen LogP) is 4.41. The molecule has 9 heteroatoms. The minimum absolute atomic E-state index is 0.438. The maximum absolute atomic E-state index is 12.2. The first kappa shape index (κ1) is 24.9. The third kappa shape index (κ3) is 6.39. The summed E-state index contributed by atoms with van der Waals surface area (Å²) >= 11 is 6.26. The zero-order chi connectivity index (χ0) is 24.7. The molecule has 0 unspecified atom stereocenters. The Morgan fingerprint density at radius 3 is 2.41 bits per heavy atom. The highest BCUT2D eigenvalue weighted by atomic mass is 35.5. The molecule has 0 aliphatic heterocycles. The van der Waals surface area contributed by atoms with Crippen LogP contribution in [-0.2, 0) is 20.9 Å². The van der Waals surface area contributed by atoms with E-state index in [1.807, 2.05) is 42.8 Å². The number of rotatable bonds is 9. The smallest absolute Gasteiger partial charge is 0.331 e. The zero-order valence-electron chi connectivity index (χ0n) is 19.4. The standard InChI is InChI=1S/C25H26ClN3O5/c1-16-22(17(2)29(28-16)14-18-7-5-6-8-23(18)26)9-10-25(31)34-15-24(30)27-19-11-20(32-3)13-21(12-19)33-4/h5-13H,14-15H2,1-4H3,(H,27,30)/b10-9+. The summed E-state index contributed by atoms with van der Waals surface area (Å²) < 4.78 is 17.2. The van der Waals surface area contributed by atoms with Gasteiger partial charge in [0, 0.05) is 46.2 Å². The molecule has 1 amide bonds. The van der Waals surface area contributed by atoms with Gasteiger partial charge in [-0.05, 0) is 31.6 Å². The van der Waals surface area contributed by atoms with Crippen molar-refractivity contribution in [3.05, 3.63) is 76.1 Å². The number of esters is 1. The highest BCUT2D eigenvalue weighted by Gasteiger charge is 2.12. The Morgan fingerprint density at radius 1 is 1.09 bits per heavy atom. The quantitative estimate of drug-likeness (QED) is 0.358. The summed E-state index contributed by atoms with van der Waals surface area (Å²) in [5.41, 5.74) is 3.86. The van der Waals surface area contributed by atoms with Gasteiger partial charge in [-0.2, -0.15) is 5.10 Å². The molecule has 2 aromatic carbocycles. The fourth-order valence-corrected chi connectivity index (χ4v) is 3.50. The van der Waals surface area contributed by atoms with Crippen LogP contribution in [0.15, 0.2) is 48.5 Å². The van der Waals surface area contributed by atoms with Crippen LogP contribution in [0.5, 0.6) is 11.5 Å². The van der Waals surface area contributed by atoms with E-state index in [0.717, 1.165) is 22.5 Å². The SMILES string of the molecule is COc1cc(NC(=O)COC(=O)/C=C/c2c(C)nn(Cc3ccccc3Cl)c2C)cc(OC)c1. The third-order valence-corrected chi connectivity index (χ3v) is 5.45. The Balaban J connectivity index is 1.58. The highest BCUT2D eigenvalue weighted by Crippen LogP contribution is 2.25. The molecular weight excluding hydrogens is 458 g/mol. The van der Waals surface area contributed by atoms with Crippen molar-refractivity contribution in [2.75, 3.05) is 26.1 Å². The van der Waals surface area contributed by atoms with Crippen molar-refractivity contribution in [3.8, 4) is 11.5 Å². The van der Waals surface area contributed by atoms with E-state index >= 15 is 0 Å². The summed E-state index contributed by atoms with van der Waals surface area (Å²) in [6, 6.07) is 12.5. The van der Waals surface area contributed by atoms with Crippen LogP contribution in [0.3, 0.4) is 0 Å². The molecule has 1 heterocycles. The number of halogens is 1. The van der Waals surface area contributed by atoms with Crippen LogP contribution in [-0.4, -0.2) is 42.5 Å². The van der Waals surface area contributed by atoms with Crippen LogP contribution in [0.4, 0.5) is 5.69 Å². The zero-order valence-corrected chi connectivity index (χ0v) is 20.2. The molecule has 34 heavy (non-hydrogen) atoms. The van der Waals surface area contributed by atoms with Crippen molar-refractivity contribution in [3.63, 3.8) is 0 Å². The lowest BCUT2D eigenvalue weighted by atomic mass is 10.1. The fourth-order valence-electron chi connectivity index (χ4n) is 3.31. The minimum atomic E-state index is -0.643. The van der Waals surface area contributed by atoms with Gasteiger partial charge in [-0.25, -0.2) is 4.79 Å². The summed E-state index contributed by atoms with van der Waals surface area (Å²) in [6.45, 7) is 3.85. The molecule has 0 saturated heterocycles. The second-order valence-electron chi connectivity index (χ2n) is 7.42. The predicted molar refractivity (Wildman–Crippen MR) is 130 cm³/mol. The van der Waals surface area contributed by atoms with E-state index in [0.29, 0.717) is 28.8 Å². The minimum Gasteiger partial charge on any atom is -0.497 e. The summed E-state index contributed by atoms with van der Waals surface area (Å²) in [7, 11) is 3.02. The Hall–Kier alpha value is -3.78. The lowest BCUT2D eigenvalue weighted by Gasteiger charge is -2.09. The van der Waals surface area contributed by atoms with Gasteiger partial charge >= 0.3 is 5.97 Å². The van der Waals surface area contributed by atoms with E-state index < -0.39 is 18.5 Å². The van der Waals surface area contributed by atoms with Crippen molar-refractivity contribution in [2.45, 2.75) is 20.4 Å². The van der Waals surface area contributed by atoms with Gasteiger partial charge < -0.3 is 19.5 Å². The molecular formula is C25H26ClN3O5. The molecule has 0 saturated carbocycles. The van der Waals surface area contributed by atoms with Crippen molar-refractivity contribution >= 4 is 35.2 Å². The molecule has 8 nitrogen and oxygen atoms in total. The summed E-state index contributed by atoms with van der Waals surface area (Å²) in [5, 5.41) is 7.86. The number of aromatic nitrogens is 2. The lowest BCUT2D eigenvalue weighted by Crippen LogP contribution is -2.20. The van der Waals surface area contributed by atoms with Crippen LogP contribution in [0.1, 0.15) is 22.5 Å². The number of ether oxygens (including phenoxy) is 3. The summed E-state index contributed by atoms with van der Waals surface area (Å²) in [4.78, 5) is 24.4. The van der Waals surface area contributed by atoms with Crippen LogP contribution in [0.25, 0.3) is 6.08 Å². The van der Waals surface area contributed by atoms with Crippen molar-refractivity contribution in [1.29, 1.82) is 0 Å². The first-order valence-corrected chi connectivity index (χ1v) is 10.8. The molecule has 1 N–H and O–H groups in total. The second kappa shape index (κ2) is 11.4. The van der Waals surface area contributed by atoms with E-state index in [1.165, 1.54) is 20.3 Å². The number of benzene rings is 2. The van der Waals surface area contributed by atoms with Crippen molar-refractivity contribution in [1.82, 2.24) is 9.78 Å².